The van der Waals surface area contributed by atoms with Gasteiger partial charge >= 0.3 is 0 Å². The molecular weight excluding hydrogens is 188 g/mol. The van der Waals surface area contributed by atoms with E-state index in [0.29, 0.717) is 11.0 Å². The van der Waals surface area contributed by atoms with Crippen LogP contribution in [0.25, 0.3) is 0 Å². The van der Waals surface area contributed by atoms with Crippen molar-refractivity contribution in [2.45, 2.75) is 19.9 Å². The molecule has 0 aromatic carbocycles. The zero-order chi connectivity index (χ0) is 9.84. The summed E-state index contributed by atoms with van der Waals surface area (Å²) in [5.41, 5.74) is 3.80. The van der Waals surface area contributed by atoms with Crippen molar-refractivity contribution in [3.8, 4) is 0 Å². The van der Waals surface area contributed by atoms with Gasteiger partial charge in [-0.3, -0.25) is 5.84 Å². The lowest BCUT2D eigenvalue weighted by Gasteiger charge is -2.08. The number of rotatable bonds is 3. The van der Waals surface area contributed by atoms with E-state index in [0.717, 1.165) is 5.57 Å². The molecule has 0 aliphatic carbocycles. The van der Waals surface area contributed by atoms with E-state index in [1.165, 1.54) is 0 Å². The highest BCUT2D eigenvalue weighted by Crippen LogP contribution is 2.21. The van der Waals surface area contributed by atoms with Gasteiger partial charge in [0.25, 0.3) is 0 Å². The lowest BCUT2D eigenvalue weighted by atomic mass is 10.2. The molecule has 0 bridgehead atoms. The maximum atomic E-state index is 5.64. The Balaban J connectivity index is 2.84. The van der Waals surface area contributed by atoms with Gasteiger partial charge in [0.2, 0.25) is 0 Å². The second-order valence-corrected chi connectivity index (χ2v) is 3.40. The van der Waals surface area contributed by atoms with Gasteiger partial charge in [0, 0.05) is 0 Å². The molecule has 72 valence electrons. The van der Waals surface area contributed by atoms with Crippen LogP contribution in [0.3, 0.4) is 0 Å². The van der Waals surface area contributed by atoms with Crippen LogP contribution in [0.1, 0.15) is 25.6 Å². The summed E-state index contributed by atoms with van der Waals surface area (Å²) in [6.07, 6.45) is 1.97. The molecule has 0 saturated heterocycles. The van der Waals surface area contributed by atoms with Crippen molar-refractivity contribution in [2.75, 3.05) is 0 Å². The van der Waals surface area contributed by atoms with Gasteiger partial charge in [0.15, 0.2) is 5.22 Å². The minimum absolute atomic E-state index is 0.113. The lowest BCUT2D eigenvalue weighted by Crippen LogP contribution is -2.26. The van der Waals surface area contributed by atoms with E-state index in [4.69, 9.17) is 21.9 Å². The minimum Gasteiger partial charge on any atom is -0.448 e. The lowest BCUT2D eigenvalue weighted by molar-refractivity contribution is 0.459. The van der Waals surface area contributed by atoms with Gasteiger partial charge in [-0.2, -0.15) is 0 Å². The van der Waals surface area contributed by atoms with Crippen LogP contribution < -0.4 is 11.3 Å². The fourth-order valence-corrected chi connectivity index (χ4v) is 1.19. The highest BCUT2D eigenvalue weighted by Gasteiger charge is 2.10. The molecule has 0 spiro atoms. The molecule has 3 N–H and O–H groups in total. The van der Waals surface area contributed by atoms with E-state index in [1.807, 2.05) is 19.9 Å². The van der Waals surface area contributed by atoms with Gasteiger partial charge < -0.3 is 4.42 Å². The molecule has 0 fully saturated rings. The molecule has 1 aromatic heterocycles. The van der Waals surface area contributed by atoms with Crippen molar-refractivity contribution in [1.29, 1.82) is 0 Å². The van der Waals surface area contributed by atoms with Gasteiger partial charge in [-0.05, 0) is 37.6 Å². The quantitative estimate of drug-likeness (QED) is 0.448. The molecule has 1 atom stereocenters. The first-order valence-corrected chi connectivity index (χ1v) is 4.37. The fraction of sp³-hybridized carbons (Fsp3) is 0.333. The molecular formula is C9H13ClN2O. The largest absolute Gasteiger partial charge is 0.448 e. The van der Waals surface area contributed by atoms with E-state index >= 15 is 0 Å². The minimum atomic E-state index is -0.113. The van der Waals surface area contributed by atoms with E-state index in [9.17, 15) is 0 Å². The van der Waals surface area contributed by atoms with E-state index in [2.05, 4.69) is 5.43 Å². The molecule has 1 aromatic rings. The second kappa shape index (κ2) is 4.46. The van der Waals surface area contributed by atoms with E-state index < -0.39 is 0 Å². The Morgan fingerprint density at radius 1 is 1.62 bits per heavy atom. The fourth-order valence-electron chi connectivity index (χ4n) is 1.04. The number of hydrogen-bond acceptors (Lipinski definition) is 3. The van der Waals surface area contributed by atoms with Crippen LogP contribution in [0.2, 0.25) is 5.22 Å². The Morgan fingerprint density at radius 3 is 2.69 bits per heavy atom. The van der Waals surface area contributed by atoms with E-state index in [-0.39, 0.29) is 6.04 Å². The molecule has 3 nitrogen and oxygen atoms in total. The number of furan rings is 1. The van der Waals surface area contributed by atoms with Crippen molar-refractivity contribution < 1.29 is 4.42 Å². The third-order valence-corrected chi connectivity index (χ3v) is 1.78. The summed E-state index contributed by atoms with van der Waals surface area (Å²) < 4.78 is 5.22. The van der Waals surface area contributed by atoms with E-state index in [1.54, 1.807) is 12.1 Å². The first-order chi connectivity index (χ1) is 6.13. The number of nitrogens with one attached hydrogen (secondary N) is 1. The average molecular weight is 201 g/mol. The van der Waals surface area contributed by atoms with Crippen molar-refractivity contribution in [3.05, 3.63) is 34.8 Å². The summed E-state index contributed by atoms with van der Waals surface area (Å²) in [6, 6.07) is 3.38. The normalized spacial score (nSPS) is 12.6. The summed E-state index contributed by atoms with van der Waals surface area (Å²) in [4.78, 5) is 0. The molecule has 1 rings (SSSR count). The van der Waals surface area contributed by atoms with Crippen molar-refractivity contribution in [2.24, 2.45) is 5.84 Å². The van der Waals surface area contributed by atoms with Gasteiger partial charge in [0.1, 0.15) is 5.76 Å². The van der Waals surface area contributed by atoms with Crippen LogP contribution in [0.5, 0.6) is 0 Å². The topological polar surface area (TPSA) is 51.2 Å². The summed E-state index contributed by atoms with van der Waals surface area (Å²) in [5, 5.41) is 0.373. The first-order valence-electron chi connectivity index (χ1n) is 4.00. The Kier molecular flexibility index (Phi) is 3.54. The summed E-state index contributed by atoms with van der Waals surface area (Å²) in [7, 11) is 0. The Hall–Kier alpha value is -0.770. The predicted octanol–water partition coefficient (Wildman–Crippen LogP) is 2.40. The maximum Gasteiger partial charge on any atom is 0.193 e. The van der Waals surface area contributed by atoms with Gasteiger partial charge in [-0.25, -0.2) is 5.43 Å². The average Bonchev–Trinajstić information content (AvgIpc) is 2.47. The number of allylic oxidation sites excluding steroid dienone is 1. The predicted molar refractivity (Wildman–Crippen MR) is 53.2 cm³/mol. The molecule has 4 heteroatoms. The number of hydrogen-bond donors (Lipinski definition) is 2. The molecule has 0 aliphatic heterocycles. The standard InChI is InChI=1S/C9H13ClN2O/c1-6(2)5-7(12-11)8-3-4-9(10)13-8/h3-5,7,12H,11H2,1-2H3. The SMILES string of the molecule is CC(C)=CC(NN)c1ccc(Cl)o1. The van der Waals surface area contributed by atoms with Crippen LogP contribution in [0.15, 0.2) is 28.2 Å². The van der Waals surface area contributed by atoms with Crippen molar-refractivity contribution in [3.63, 3.8) is 0 Å². The van der Waals surface area contributed by atoms with Crippen LogP contribution in [-0.4, -0.2) is 0 Å². The Morgan fingerprint density at radius 2 is 2.31 bits per heavy atom. The number of nitrogens with two attached hydrogens (primary N) is 1. The monoisotopic (exact) mass is 200 g/mol. The van der Waals surface area contributed by atoms with Crippen LogP contribution >= 0.6 is 11.6 Å². The molecule has 13 heavy (non-hydrogen) atoms. The molecule has 1 heterocycles. The van der Waals surface area contributed by atoms with Crippen LogP contribution in [0.4, 0.5) is 0 Å². The smallest absolute Gasteiger partial charge is 0.193 e. The summed E-state index contributed by atoms with van der Waals surface area (Å²) in [5.74, 6) is 6.08. The van der Waals surface area contributed by atoms with Crippen molar-refractivity contribution >= 4 is 11.6 Å². The molecule has 0 saturated carbocycles. The van der Waals surface area contributed by atoms with Gasteiger partial charge in [0.05, 0.1) is 6.04 Å². The molecule has 0 amide bonds. The summed E-state index contributed by atoms with van der Waals surface area (Å²) >= 11 is 5.64. The van der Waals surface area contributed by atoms with Gasteiger partial charge in [-0.1, -0.05) is 11.6 Å². The number of hydrazine groups is 1. The zero-order valence-corrected chi connectivity index (χ0v) is 8.43. The second-order valence-electron chi connectivity index (χ2n) is 3.03. The Labute approximate surface area is 82.5 Å². The highest BCUT2D eigenvalue weighted by molar-refractivity contribution is 6.28. The van der Waals surface area contributed by atoms with Crippen LogP contribution in [0, 0.1) is 0 Å². The maximum absolute atomic E-state index is 5.64. The first kappa shape index (κ1) is 10.3. The molecule has 0 radical (unpaired) electrons. The zero-order valence-electron chi connectivity index (χ0n) is 7.67. The van der Waals surface area contributed by atoms with Gasteiger partial charge in [-0.15, -0.1) is 0 Å². The molecule has 0 aliphatic rings. The number of halogens is 1. The molecule has 1 unspecified atom stereocenters. The summed E-state index contributed by atoms with van der Waals surface area (Å²) in [6.45, 7) is 3.99. The third-order valence-electron chi connectivity index (χ3n) is 1.58. The third kappa shape index (κ3) is 2.88. The van der Waals surface area contributed by atoms with Crippen molar-refractivity contribution in [1.82, 2.24) is 5.43 Å². The highest BCUT2D eigenvalue weighted by atomic mass is 35.5. The Bertz CT molecular complexity index is 302. The van der Waals surface area contributed by atoms with Crippen LogP contribution in [-0.2, 0) is 0 Å².